The Morgan fingerprint density at radius 1 is 1.21 bits per heavy atom. The van der Waals surface area contributed by atoms with Crippen molar-refractivity contribution in [1.29, 1.82) is 0 Å². The van der Waals surface area contributed by atoms with Crippen molar-refractivity contribution in [1.82, 2.24) is 9.88 Å². The Morgan fingerprint density at radius 2 is 1.95 bits per heavy atom. The molecule has 3 rings (SSSR count). The third kappa shape index (κ3) is 2.45. The summed E-state index contributed by atoms with van der Waals surface area (Å²) in [6.45, 7) is 5.35. The van der Waals surface area contributed by atoms with Crippen molar-refractivity contribution in [2.75, 3.05) is 0 Å². The molecule has 0 radical (unpaired) electrons. The van der Waals surface area contributed by atoms with E-state index in [1.165, 1.54) is 28.9 Å². The van der Waals surface area contributed by atoms with Crippen molar-refractivity contribution >= 4 is 0 Å². The van der Waals surface area contributed by atoms with Gasteiger partial charge in [-0.3, -0.25) is 0 Å². The van der Waals surface area contributed by atoms with E-state index >= 15 is 0 Å². The minimum absolute atomic E-state index is 0.655. The standard InChI is InChI=1S/C17H22N2/c1-12-9-15(13(2)19(12)3)11-18-17-10-16(17)14-7-5-4-6-8-14/h4-9,16-18H,10-11H2,1-3H3. The Labute approximate surface area is 115 Å². The number of rotatable bonds is 4. The summed E-state index contributed by atoms with van der Waals surface area (Å²) in [4.78, 5) is 0. The van der Waals surface area contributed by atoms with Crippen molar-refractivity contribution in [3.8, 4) is 0 Å². The molecule has 2 nitrogen and oxygen atoms in total. The molecule has 0 aliphatic heterocycles. The molecule has 2 atom stereocenters. The van der Waals surface area contributed by atoms with Crippen LogP contribution < -0.4 is 5.32 Å². The van der Waals surface area contributed by atoms with E-state index in [1.54, 1.807) is 0 Å². The number of nitrogens with one attached hydrogen (secondary N) is 1. The zero-order chi connectivity index (χ0) is 13.4. The molecule has 2 aromatic rings. The molecule has 1 fully saturated rings. The summed E-state index contributed by atoms with van der Waals surface area (Å²) in [7, 11) is 2.14. The Bertz CT molecular complexity index is 568. The SMILES string of the molecule is Cc1cc(CNC2CC2c2ccccc2)c(C)n1C. The average molecular weight is 254 g/mol. The van der Waals surface area contributed by atoms with Gasteiger partial charge in [-0.15, -0.1) is 0 Å². The maximum Gasteiger partial charge on any atom is 0.0226 e. The largest absolute Gasteiger partial charge is 0.352 e. The lowest BCUT2D eigenvalue weighted by molar-refractivity contribution is 0.667. The van der Waals surface area contributed by atoms with Gasteiger partial charge in [0.15, 0.2) is 0 Å². The molecule has 1 heterocycles. The van der Waals surface area contributed by atoms with Crippen LogP contribution in [0.25, 0.3) is 0 Å². The summed E-state index contributed by atoms with van der Waals surface area (Å²) in [6, 6.07) is 13.8. The molecule has 1 aromatic carbocycles. The van der Waals surface area contributed by atoms with Gasteiger partial charge >= 0.3 is 0 Å². The second kappa shape index (κ2) is 4.86. The van der Waals surface area contributed by atoms with Gasteiger partial charge in [-0.05, 0) is 37.5 Å². The van der Waals surface area contributed by atoms with Crippen LogP contribution in [0.5, 0.6) is 0 Å². The van der Waals surface area contributed by atoms with E-state index in [0.717, 1.165) is 6.54 Å². The molecular weight excluding hydrogens is 232 g/mol. The van der Waals surface area contributed by atoms with Gasteiger partial charge < -0.3 is 9.88 Å². The first-order valence-electron chi connectivity index (χ1n) is 7.07. The molecule has 0 spiro atoms. The summed E-state index contributed by atoms with van der Waals surface area (Å²) in [5, 5.41) is 3.69. The fourth-order valence-electron chi connectivity index (χ4n) is 2.84. The third-order valence-electron chi connectivity index (χ3n) is 4.45. The van der Waals surface area contributed by atoms with Gasteiger partial charge in [-0.25, -0.2) is 0 Å². The first-order chi connectivity index (χ1) is 9.16. The zero-order valence-corrected chi connectivity index (χ0v) is 12.0. The topological polar surface area (TPSA) is 17.0 Å². The van der Waals surface area contributed by atoms with Crippen molar-refractivity contribution in [2.24, 2.45) is 7.05 Å². The lowest BCUT2D eigenvalue weighted by atomic mass is 10.1. The van der Waals surface area contributed by atoms with E-state index in [-0.39, 0.29) is 0 Å². The lowest BCUT2D eigenvalue weighted by Gasteiger charge is -2.05. The van der Waals surface area contributed by atoms with Crippen molar-refractivity contribution in [3.63, 3.8) is 0 Å². The molecule has 1 aliphatic carbocycles. The monoisotopic (exact) mass is 254 g/mol. The Balaban J connectivity index is 1.59. The van der Waals surface area contributed by atoms with Crippen LogP contribution >= 0.6 is 0 Å². The van der Waals surface area contributed by atoms with E-state index in [9.17, 15) is 0 Å². The molecule has 19 heavy (non-hydrogen) atoms. The smallest absolute Gasteiger partial charge is 0.0226 e. The van der Waals surface area contributed by atoms with Gasteiger partial charge in [0.05, 0.1) is 0 Å². The van der Waals surface area contributed by atoms with Gasteiger partial charge in [-0.2, -0.15) is 0 Å². The van der Waals surface area contributed by atoms with Crippen LogP contribution in [0.4, 0.5) is 0 Å². The number of aryl methyl sites for hydroxylation is 1. The van der Waals surface area contributed by atoms with Crippen LogP contribution in [0.2, 0.25) is 0 Å². The lowest BCUT2D eigenvalue weighted by Crippen LogP contribution is -2.17. The first kappa shape index (κ1) is 12.5. The predicted octanol–water partition coefficient (Wildman–Crippen LogP) is 3.29. The number of hydrogen-bond donors (Lipinski definition) is 1. The van der Waals surface area contributed by atoms with Crippen LogP contribution in [-0.2, 0) is 13.6 Å². The summed E-state index contributed by atoms with van der Waals surface area (Å²) in [6.07, 6.45) is 1.27. The van der Waals surface area contributed by atoms with E-state index in [1.807, 2.05) is 0 Å². The molecule has 0 bridgehead atoms. The predicted molar refractivity (Wildman–Crippen MR) is 79.3 cm³/mol. The molecular formula is C17H22N2. The second-order valence-corrected chi connectivity index (χ2v) is 5.70. The van der Waals surface area contributed by atoms with Crippen molar-refractivity contribution < 1.29 is 0 Å². The molecule has 1 N–H and O–H groups in total. The zero-order valence-electron chi connectivity index (χ0n) is 12.0. The van der Waals surface area contributed by atoms with E-state index in [2.05, 4.69) is 67.2 Å². The molecule has 2 heteroatoms. The molecule has 0 saturated heterocycles. The normalized spacial score (nSPS) is 21.6. The minimum atomic E-state index is 0.655. The third-order valence-corrected chi connectivity index (χ3v) is 4.45. The highest BCUT2D eigenvalue weighted by Gasteiger charge is 2.37. The van der Waals surface area contributed by atoms with E-state index in [4.69, 9.17) is 0 Å². The minimum Gasteiger partial charge on any atom is -0.352 e. The molecule has 1 aromatic heterocycles. The highest BCUT2D eigenvalue weighted by Crippen LogP contribution is 2.40. The van der Waals surface area contributed by atoms with Gasteiger partial charge in [0.25, 0.3) is 0 Å². The maximum absolute atomic E-state index is 3.69. The Hall–Kier alpha value is -1.54. The number of hydrogen-bond acceptors (Lipinski definition) is 1. The first-order valence-corrected chi connectivity index (χ1v) is 7.07. The maximum atomic E-state index is 3.69. The summed E-state index contributed by atoms with van der Waals surface area (Å²) >= 11 is 0. The van der Waals surface area contributed by atoms with Crippen LogP contribution in [0.1, 0.15) is 34.9 Å². The quantitative estimate of drug-likeness (QED) is 0.886. The molecule has 1 saturated carbocycles. The summed E-state index contributed by atoms with van der Waals surface area (Å²) in [5.74, 6) is 0.714. The van der Waals surface area contributed by atoms with Gasteiger partial charge in [0.2, 0.25) is 0 Å². The molecule has 2 unspecified atom stereocenters. The highest BCUT2D eigenvalue weighted by molar-refractivity contribution is 5.29. The molecule has 100 valence electrons. The van der Waals surface area contributed by atoms with Crippen molar-refractivity contribution in [3.05, 3.63) is 58.9 Å². The van der Waals surface area contributed by atoms with Gasteiger partial charge in [-0.1, -0.05) is 30.3 Å². The fourth-order valence-corrected chi connectivity index (χ4v) is 2.84. The van der Waals surface area contributed by atoms with E-state index in [0.29, 0.717) is 12.0 Å². The number of benzene rings is 1. The second-order valence-electron chi connectivity index (χ2n) is 5.70. The van der Waals surface area contributed by atoms with Gasteiger partial charge in [0.1, 0.15) is 0 Å². The summed E-state index contributed by atoms with van der Waals surface area (Å²) < 4.78 is 2.26. The van der Waals surface area contributed by atoms with Gasteiger partial charge in [0, 0.05) is 36.9 Å². The fraction of sp³-hybridized carbons (Fsp3) is 0.412. The Morgan fingerprint density at radius 3 is 2.58 bits per heavy atom. The summed E-state index contributed by atoms with van der Waals surface area (Å²) in [5.41, 5.74) is 5.62. The van der Waals surface area contributed by atoms with E-state index < -0.39 is 0 Å². The van der Waals surface area contributed by atoms with Crippen LogP contribution in [0.15, 0.2) is 36.4 Å². The highest BCUT2D eigenvalue weighted by atomic mass is 15.0. The average Bonchev–Trinajstić information content (AvgIpc) is 3.17. The molecule has 0 amide bonds. The van der Waals surface area contributed by atoms with Crippen molar-refractivity contribution in [2.45, 2.75) is 38.8 Å². The number of aromatic nitrogens is 1. The Kier molecular flexibility index (Phi) is 3.19. The van der Waals surface area contributed by atoms with Crippen LogP contribution in [0.3, 0.4) is 0 Å². The number of nitrogens with zero attached hydrogens (tertiary/aromatic N) is 1. The molecule has 1 aliphatic rings. The van der Waals surface area contributed by atoms with Crippen LogP contribution in [0, 0.1) is 13.8 Å². The van der Waals surface area contributed by atoms with Crippen LogP contribution in [-0.4, -0.2) is 10.6 Å².